The maximum atomic E-state index is 12.8. The van der Waals surface area contributed by atoms with Crippen molar-refractivity contribution >= 4 is 23.5 Å². The van der Waals surface area contributed by atoms with Crippen LogP contribution >= 0.6 is 0 Å². The van der Waals surface area contributed by atoms with E-state index in [2.05, 4.69) is 4.90 Å². The maximum Gasteiger partial charge on any atom is 0.267 e. The standard InChI is InChI=1S/C21H22N2O3/c1-16(24)21(14-5-15-23(21)19-6-3-2-4-7-19)18-11-8-17(9-12-18)10-13-20(25)22-26/h2-4,6-13,26H,5,14-15H2,1H3,(H,22,25)/b13-10+. The first-order valence-corrected chi connectivity index (χ1v) is 8.64. The quantitative estimate of drug-likeness (QED) is 0.493. The number of ketones is 1. The first kappa shape index (κ1) is 17.9. The van der Waals surface area contributed by atoms with Crippen LogP contribution in [0, 0.1) is 0 Å². The van der Waals surface area contributed by atoms with Crippen LogP contribution < -0.4 is 10.4 Å². The van der Waals surface area contributed by atoms with E-state index in [-0.39, 0.29) is 5.78 Å². The summed E-state index contributed by atoms with van der Waals surface area (Å²) in [6, 6.07) is 17.7. The van der Waals surface area contributed by atoms with Crippen LogP contribution in [0.3, 0.4) is 0 Å². The zero-order valence-electron chi connectivity index (χ0n) is 14.7. The van der Waals surface area contributed by atoms with Crippen molar-refractivity contribution in [3.8, 4) is 0 Å². The third kappa shape index (κ3) is 3.26. The second kappa shape index (κ2) is 7.54. The van der Waals surface area contributed by atoms with E-state index < -0.39 is 11.4 Å². The number of para-hydroxylation sites is 1. The van der Waals surface area contributed by atoms with Gasteiger partial charge in [0.25, 0.3) is 5.91 Å². The fourth-order valence-electron chi connectivity index (χ4n) is 3.72. The zero-order valence-corrected chi connectivity index (χ0v) is 14.7. The Morgan fingerprint density at radius 2 is 1.81 bits per heavy atom. The lowest BCUT2D eigenvalue weighted by Crippen LogP contribution is -2.47. The molecule has 1 heterocycles. The topological polar surface area (TPSA) is 69.6 Å². The minimum atomic E-state index is -0.661. The summed E-state index contributed by atoms with van der Waals surface area (Å²) in [4.78, 5) is 26.1. The lowest BCUT2D eigenvalue weighted by atomic mass is 9.83. The molecule has 2 aromatic carbocycles. The monoisotopic (exact) mass is 350 g/mol. The van der Waals surface area contributed by atoms with Crippen LogP contribution in [0.25, 0.3) is 6.08 Å². The number of nitrogens with zero attached hydrogens (tertiary/aromatic N) is 1. The van der Waals surface area contributed by atoms with Crippen LogP contribution in [0.15, 0.2) is 60.7 Å². The van der Waals surface area contributed by atoms with Crippen molar-refractivity contribution in [2.75, 3.05) is 11.4 Å². The Morgan fingerprint density at radius 1 is 1.12 bits per heavy atom. The fraction of sp³-hybridized carbons (Fsp3) is 0.238. The first-order chi connectivity index (χ1) is 12.6. The molecule has 1 aliphatic heterocycles. The summed E-state index contributed by atoms with van der Waals surface area (Å²) >= 11 is 0. The third-order valence-electron chi connectivity index (χ3n) is 4.96. The molecular weight excluding hydrogens is 328 g/mol. The number of hydrogen-bond acceptors (Lipinski definition) is 4. The van der Waals surface area contributed by atoms with E-state index in [0.29, 0.717) is 0 Å². The fourth-order valence-corrected chi connectivity index (χ4v) is 3.72. The second-order valence-electron chi connectivity index (χ2n) is 6.44. The molecule has 1 atom stereocenters. The van der Waals surface area contributed by atoms with Crippen molar-refractivity contribution in [3.05, 3.63) is 71.8 Å². The van der Waals surface area contributed by atoms with E-state index >= 15 is 0 Å². The maximum absolute atomic E-state index is 12.8. The first-order valence-electron chi connectivity index (χ1n) is 8.64. The number of amides is 1. The highest BCUT2D eigenvalue weighted by Gasteiger charge is 2.46. The molecule has 134 valence electrons. The smallest absolute Gasteiger partial charge is 0.267 e. The lowest BCUT2D eigenvalue weighted by Gasteiger charge is -2.38. The van der Waals surface area contributed by atoms with Crippen molar-refractivity contribution in [3.63, 3.8) is 0 Å². The minimum absolute atomic E-state index is 0.127. The predicted octanol–water partition coefficient (Wildman–Crippen LogP) is 3.29. The van der Waals surface area contributed by atoms with Gasteiger partial charge in [-0.25, -0.2) is 5.48 Å². The van der Waals surface area contributed by atoms with E-state index in [1.807, 2.05) is 54.6 Å². The molecule has 0 bridgehead atoms. The number of rotatable bonds is 5. The predicted molar refractivity (Wildman–Crippen MR) is 101 cm³/mol. The number of carbonyl (C=O) groups excluding carboxylic acids is 2. The average Bonchev–Trinajstić information content (AvgIpc) is 3.13. The van der Waals surface area contributed by atoms with Crippen molar-refractivity contribution in [1.29, 1.82) is 0 Å². The molecule has 26 heavy (non-hydrogen) atoms. The van der Waals surface area contributed by atoms with Gasteiger partial charge in [0.15, 0.2) is 5.78 Å². The molecule has 0 saturated carbocycles. The van der Waals surface area contributed by atoms with Crippen LogP contribution in [-0.4, -0.2) is 23.4 Å². The minimum Gasteiger partial charge on any atom is -0.355 e. The van der Waals surface area contributed by atoms with Gasteiger partial charge in [-0.3, -0.25) is 14.8 Å². The Kier molecular flexibility index (Phi) is 5.19. The normalized spacial score (nSPS) is 19.7. The Morgan fingerprint density at radius 3 is 2.42 bits per heavy atom. The number of Topliss-reactive ketones (excluding diaryl/α,β-unsaturated/α-hetero) is 1. The van der Waals surface area contributed by atoms with Gasteiger partial charge < -0.3 is 4.90 Å². The highest BCUT2D eigenvalue weighted by molar-refractivity contribution is 5.92. The molecule has 5 nitrogen and oxygen atoms in total. The van der Waals surface area contributed by atoms with Gasteiger partial charge in [0.05, 0.1) is 0 Å². The molecule has 2 N–H and O–H groups in total. The van der Waals surface area contributed by atoms with Crippen LogP contribution in [-0.2, 0) is 15.1 Å². The van der Waals surface area contributed by atoms with Gasteiger partial charge in [0, 0.05) is 18.3 Å². The van der Waals surface area contributed by atoms with Gasteiger partial charge in [0.2, 0.25) is 0 Å². The Labute approximate surface area is 152 Å². The SMILES string of the molecule is CC(=O)C1(c2ccc(/C=C/C(=O)NO)cc2)CCCN1c1ccccc1. The van der Waals surface area contributed by atoms with Gasteiger partial charge in [-0.2, -0.15) is 0 Å². The van der Waals surface area contributed by atoms with Crippen LogP contribution in [0.1, 0.15) is 30.9 Å². The van der Waals surface area contributed by atoms with Crippen LogP contribution in [0.4, 0.5) is 5.69 Å². The molecular formula is C21H22N2O3. The summed E-state index contributed by atoms with van der Waals surface area (Å²) in [5.74, 6) is -0.456. The van der Waals surface area contributed by atoms with E-state index in [4.69, 9.17) is 5.21 Å². The highest BCUT2D eigenvalue weighted by Crippen LogP contribution is 2.42. The molecule has 3 rings (SSSR count). The largest absolute Gasteiger partial charge is 0.355 e. The summed E-state index contributed by atoms with van der Waals surface area (Å²) < 4.78 is 0. The summed E-state index contributed by atoms with van der Waals surface area (Å²) in [5.41, 5.74) is 3.72. The van der Waals surface area contributed by atoms with Gasteiger partial charge in [-0.1, -0.05) is 42.5 Å². The van der Waals surface area contributed by atoms with E-state index in [9.17, 15) is 9.59 Å². The molecule has 2 aromatic rings. The van der Waals surface area contributed by atoms with Gasteiger partial charge in [-0.05, 0) is 49.1 Å². The Balaban J connectivity index is 1.96. The lowest BCUT2D eigenvalue weighted by molar-refractivity contribution is -0.124. The molecule has 1 unspecified atom stereocenters. The second-order valence-corrected chi connectivity index (χ2v) is 6.44. The number of hydroxylamine groups is 1. The third-order valence-corrected chi connectivity index (χ3v) is 4.96. The van der Waals surface area contributed by atoms with E-state index in [0.717, 1.165) is 36.2 Å². The van der Waals surface area contributed by atoms with Crippen molar-refractivity contribution < 1.29 is 14.8 Å². The van der Waals surface area contributed by atoms with Crippen LogP contribution in [0.5, 0.6) is 0 Å². The average molecular weight is 350 g/mol. The van der Waals surface area contributed by atoms with Gasteiger partial charge >= 0.3 is 0 Å². The number of benzene rings is 2. The zero-order chi connectivity index (χ0) is 18.6. The number of nitrogens with one attached hydrogen (secondary N) is 1. The molecule has 5 heteroatoms. The van der Waals surface area contributed by atoms with E-state index in [1.54, 1.807) is 18.5 Å². The highest BCUT2D eigenvalue weighted by atomic mass is 16.5. The van der Waals surface area contributed by atoms with Crippen molar-refractivity contribution in [1.82, 2.24) is 5.48 Å². The molecule has 0 aromatic heterocycles. The van der Waals surface area contributed by atoms with Crippen molar-refractivity contribution in [2.24, 2.45) is 0 Å². The molecule has 1 aliphatic rings. The molecule has 0 radical (unpaired) electrons. The summed E-state index contributed by atoms with van der Waals surface area (Å²) in [6.07, 6.45) is 4.59. The van der Waals surface area contributed by atoms with Gasteiger partial charge in [-0.15, -0.1) is 0 Å². The van der Waals surface area contributed by atoms with E-state index in [1.165, 1.54) is 6.08 Å². The van der Waals surface area contributed by atoms with Crippen LogP contribution in [0.2, 0.25) is 0 Å². The summed E-state index contributed by atoms with van der Waals surface area (Å²) in [7, 11) is 0. The van der Waals surface area contributed by atoms with Gasteiger partial charge in [0.1, 0.15) is 5.54 Å². The molecule has 1 fully saturated rings. The number of hydrogen-bond donors (Lipinski definition) is 2. The summed E-state index contributed by atoms with van der Waals surface area (Å²) in [5, 5.41) is 8.54. The number of carbonyl (C=O) groups is 2. The molecule has 1 saturated heterocycles. The molecule has 0 aliphatic carbocycles. The van der Waals surface area contributed by atoms with Crippen molar-refractivity contribution in [2.45, 2.75) is 25.3 Å². The molecule has 0 spiro atoms. The Bertz CT molecular complexity index is 815. The summed E-state index contributed by atoms with van der Waals surface area (Å²) in [6.45, 7) is 2.49. The number of anilines is 1. The Hall–Kier alpha value is -2.92. The molecule has 1 amide bonds.